The first-order valence-corrected chi connectivity index (χ1v) is 7.77. The van der Waals surface area contributed by atoms with Crippen molar-refractivity contribution >= 4 is 9.84 Å². The van der Waals surface area contributed by atoms with E-state index in [1.807, 2.05) is 18.2 Å². The molecule has 1 fully saturated rings. The van der Waals surface area contributed by atoms with Gasteiger partial charge in [-0.1, -0.05) is 12.1 Å². The Bertz CT molecular complexity index is 555. The molecule has 3 rings (SSSR count). The van der Waals surface area contributed by atoms with Gasteiger partial charge in [-0.2, -0.15) is 0 Å². The van der Waals surface area contributed by atoms with E-state index in [1.165, 1.54) is 0 Å². The van der Waals surface area contributed by atoms with Crippen LogP contribution in [0.5, 0.6) is 11.5 Å². The minimum atomic E-state index is -2.83. The Labute approximate surface area is 106 Å². The Morgan fingerprint density at radius 1 is 1.33 bits per heavy atom. The Morgan fingerprint density at radius 2 is 2.22 bits per heavy atom. The van der Waals surface area contributed by atoms with Crippen LogP contribution in [0.1, 0.15) is 12.0 Å². The van der Waals surface area contributed by atoms with Gasteiger partial charge in [0.1, 0.15) is 0 Å². The highest BCUT2D eigenvalue weighted by molar-refractivity contribution is 7.91. The van der Waals surface area contributed by atoms with Gasteiger partial charge >= 0.3 is 0 Å². The Kier molecular flexibility index (Phi) is 2.91. The van der Waals surface area contributed by atoms with Crippen LogP contribution in [0.3, 0.4) is 0 Å². The number of hydrogen-bond donors (Lipinski definition) is 1. The maximum atomic E-state index is 11.4. The SMILES string of the molecule is O=S1(=O)CCC(NCc2cccc3c2OCO3)C1. The largest absolute Gasteiger partial charge is 0.454 e. The van der Waals surface area contributed by atoms with E-state index >= 15 is 0 Å². The first-order valence-electron chi connectivity index (χ1n) is 5.95. The highest BCUT2D eigenvalue weighted by Gasteiger charge is 2.27. The van der Waals surface area contributed by atoms with Gasteiger partial charge in [-0.05, 0) is 12.5 Å². The van der Waals surface area contributed by atoms with Crippen LogP contribution in [-0.4, -0.2) is 32.8 Å². The second-order valence-corrected chi connectivity index (χ2v) is 6.86. The van der Waals surface area contributed by atoms with Crippen molar-refractivity contribution in [1.82, 2.24) is 5.32 Å². The summed E-state index contributed by atoms with van der Waals surface area (Å²) in [4.78, 5) is 0. The van der Waals surface area contributed by atoms with Crippen LogP contribution in [0.4, 0.5) is 0 Å². The third-order valence-corrected chi connectivity index (χ3v) is 5.06. The van der Waals surface area contributed by atoms with Gasteiger partial charge in [0, 0.05) is 18.2 Å². The monoisotopic (exact) mass is 269 g/mol. The lowest BCUT2D eigenvalue weighted by atomic mass is 10.1. The standard InChI is InChI=1S/C12H15NO4S/c14-18(15)5-4-10(7-18)13-6-9-2-1-3-11-12(9)17-8-16-11/h1-3,10,13H,4-8H2. The molecule has 0 aromatic heterocycles. The summed E-state index contributed by atoms with van der Waals surface area (Å²) in [6.07, 6.45) is 0.689. The zero-order valence-corrected chi connectivity index (χ0v) is 10.7. The summed E-state index contributed by atoms with van der Waals surface area (Å²) in [6, 6.07) is 5.79. The van der Waals surface area contributed by atoms with E-state index in [-0.39, 0.29) is 24.3 Å². The fraction of sp³-hybridized carbons (Fsp3) is 0.500. The second kappa shape index (κ2) is 4.44. The summed E-state index contributed by atoms with van der Waals surface area (Å²) in [7, 11) is -2.83. The van der Waals surface area contributed by atoms with E-state index in [4.69, 9.17) is 9.47 Å². The maximum absolute atomic E-state index is 11.4. The third kappa shape index (κ3) is 2.30. The fourth-order valence-electron chi connectivity index (χ4n) is 2.34. The summed E-state index contributed by atoms with van der Waals surface area (Å²) in [5.41, 5.74) is 1.01. The molecule has 2 aliphatic heterocycles. The molecule has 18 heavy (non-hydrogen) atoms. The van der Waals surface area contributed by atoms with Crippen molar-refractivity contribution in [1.29, 1.82) is 0 Å². The van der Waals surface area contributed by atoms with Crippen LogP contribution in [0.2, 0.25) is 0 Å². The van der Waals surface area contributed by atoms with E-state index in [9.17, 15) is 8.42 Å². The second-order valence-electron chi connectivity index (χ2n) is 4.63. The number of hydrogen-bond acceptors (Lipinski definition) is 5. The minimum absolute atomic E-state index is 0.0492. The third-order valence-electron chi connectivity index (χ3n) is 3.29. The van der Waals surface area contributed by atoms with Crippen molar-refractivity contribution in [2.45, 2.75) is 19.0 Å². The lowest BCUT2D eigenvalue weighted by molar-refractivity contribution is 0.173. The van der Waals surface area contributed by atoms with Gasteiger partial charge < -0.3 is 14.8 Å². The molecule has 1 N–H and O–H groups in total. The number of benzene rings is 1. The van der Waals surface area contributed by atoms with E-state index < -0.39 is 9.84 Å². The number of nitrogens with one attached hydrogen (secondary N) is 1. The first kappa shape index (κ1) is 11.8. The Hall–Kier alpha value is -1.27. The number of sulfone groups is 1. The molecule has 0 saturated carbocycles. The van der Waals surface area contributed by atoms with Crippen LogP contribution < -0.4 is 14.8 Å². The first-order chi connectivity index (χ1) is 8.64. The summed E-state index contributed by atoms with van der Waals surface area (Å²) in [6.45, 7) is 0.858. The smallest absolute Gasteiger partial charge is 0.231 e. The molecule has 1 aromatic rings. The average Bonchev–Trinajstić information content (AvgIpc) is 2.92. The lowest BCUT2D eigenvalue weighted by Crippen LogP contribution is -2.29. The molecule has 0 radical (unpaired) electrons. The molecule has 0 spiro atoms. The predicted octanol–water partition coefficient (Wildman–Crippen LogP) is 0.692. The van der Waals surface area contributed by atoms with Gasteiger partial charge in [-0.25, -0.2) is 8.42 Å². The molecular formula is C12H15NO4S. The summed E-state index contributed by atoms with van der Waals surface area (Å²) in [5.74, 6) is 2.05. The Morgan fingerprint density at radius 3 is 3.00 bits per heavy atom. The number of para-hydroxylation sites is 1. The van der Waals surface area contributed by atoms with Gasteiger partial charge in [0.25, 0.3) is 0 Å². The van der Waals surface area contributed by atoms with Gasteiger partial charge in [0.05, 0.1) is 11.5 Å². The Balaban J connectivity index is 1.66. The zero-order valence-electron chi connectivity index (χ0n) is 9.89. The van der Waals surface area contributed by atoms with Crippen LogP contribution in [0.25, 0.3) is 0 Å². The van der Waals surface area contributed by atoms with Crippen LogP contribution in [0.15, 0.2) is 18.2 Å². The van der Waals surface area contributed by atoms with Crippen molar-refractivity contribution in [3.63, 3.8) is 0 Å². The van der Waals surface area contributed by atoms with Gasteiger partial charge in [0.15, 0.2) is 21.3 Å². The van der Waals surface area contributed by atoms with Gasteiger partial charge in [-0.3, -0.25) is 0 Å². The van der Waals surface area contributed by atoms with Crippen molar-refractivity contribution in [3.05, 3.63) is 23.8 Å². The van der Waals surface area contributed by atoms with Crippen molar-refractivity contribution < 1.29 is 17.9 Å². The number of rotatable bonds is 3. The number of ether oxygens (including phenoxy) is 2. The molecule has 6 heteroatoms. The average molecular weight is 269 g/mol. The van der Waals surface area contributed by atoms with Crippen LogP contribution in [-0.2, 0) is 16.4 Å². The molecule has 0 amide bonds. The molecule has 1 saturated heterocycles. The predicted molar refractivity (Wildman–Crippen MR) is 66.5 cm³/mol. The molecule has 98 valence electrons. The zero-order chi connectivity index (χ0) is 12.6. The molecular weight excluding hydrogens is 254 g/mol. The molecule has 5 nitrogen and oxygen atoms in total. The molecule has 2 aliphatic rings. The van der Waals surface area contributed by atoms with Gasteiger partial charge in [0.2, 0.25) is 6.79 Å². The summed E-state index contributed by atoms with van der Waals surface area (Å²) < 4.78 is 33.4. The fourth-order valence-corrected chi connectivity index (χ4v) is 4.05. The van der Waals surface area contributed by atoms with E-state index in [0.29, 0.717) is 13.0 Å². The van der Waals surface area contributed by atoms with Crippen molar-refractivity contribution in [2.75, 3.05) is 18.3 Å². The van der Waals surface area contributed by atoms with Crippen molar-refractivity contribution in [2.24, 2.45) is 0 Å². The van der Waals surface area contributed by atoms with Crippen LogP contribution in [0, 0.1) is 0 Å². The molecule has 1 unspecified atom stereocenters. The van der Waals surface area contributed by atoms with E-state index in [2.05, 4.69) is 5.32 Å². The summed E-state index contributed by atoms with van der Waals surface area (Å²) >= 11 is 0. The highest BCUT2D eigenvalue weighted by atomic mass is 32.2. The molecule has 0 bridgehead atoms. The van der Waals surface area contributed by atoms with Crippen molar-refractivity contribution in [3.8, 4) is 11.5 Å². The normalized spacial score (nSPS) is 24.3. The minimum Gasteiger partial charge on any atom is -0.454 e. The molecule has 1 aromatic carbocycles. The van der Waals surface area contributed by atoms with Crippen LogP contribution >= 0.6 is 0 Å². The topological polar surface area (TPSA) is 64.6 Å². The molecule has 0 aliphatic carbocycles. The maximum Gasteiger partial charge on any atom is 0.231 e. The molecule has 1 atom stereocenters. The van der Waals surface area contributed by atoms with Gasteiger partial charge in [-0.15, -0.1) is 0 Å². The quantitative estimate of drug-likeness (QED) is 0.874. The molecule has 2 heterocycles. The van der Waals surface area contributed by atoms with E-state index in [0.717, 1.165) is 17.1 Å². The lowest BCUT2D eigenvalue weighted by Gasteiger charge is -2.11. The van der Waals surface area contributed by atoms with E-state index in [1.54, 1.807) is 0 Å². The number of fused-ring (bicyclic) bond motifs is 1. The highest BCUT2D eigenvalue weighted by Crippen LogP contribution is 2.35. The summed E-state index contributed by atoms with van der Waals surface area (Å²) in [5, 5.41) is 3.27.